The van der Waals surface area contributed by atoms with Crippen LogP contribution in [0.4, 0.5) is 8.78 Å². The highest BCUT2D eigenvalue weighted by molar-refractivity contribution is 5.23. The minimum atomic E-state index is -0.361. The van der Waals surface area contributed by atoms with Crippen molar-refractivity contribution < 1.29 is 8.78 Å². The molecule has 2 rings (SSSR count). The second-order valence-corrected chi connectivity index (χ2v) is 5.18. The van der Waals surface area contributed by atoms with E-state index in [-0.39, 0.29) is 17.7 Å². The monoisotopic (exact) mass is 253 g/mol. The highest BCUT2D eigenvalue weighted by atomic mass is 19.1. The molecule has 1 fully saturated rings. The van der Waals surface area contributed by atoms with Crippen molar-refractivity contribution in [3.63, 3.8) is 0 Å². The third-order valence-corrected chi connectivity index (χ3v) is 3.98. The zero-order valence-electron chi connectivity index (χ0n) is 10.9. The summed E-state index contributed by atoms with van der Waals surface area (Å²) in [5.74, 6) is -0.255. The van der Waals surface area contributed by atoms with E-state index in [0.29, 0.717) is 11.5 Å². The van der Waals surface area contributed by atoms with Gasteiger partial charge in [-0.3, -0.25) is 0 Å². The zero-order chi connectivity index (χ0) is 13.0. The van der Waals surface area contributed by atoms with E-state index in [9.17, 15) is 8.78 Å². The molecule has 1 saturated carbocycles. The van der Waals surface area contributed by atoms with Gasteiger partial charge in [0, 0.05) is 11.6 Å². The molecule has 3 heteroatoms. The average molecular weight is 253 g/mol. The summed E-state index contributed by atoms with van der Waals surface area (Å²) in [5, 5.41) is 3.18. The summed E-state index contributed by atoms with van der Waals surface area (Å²) in [4.78, 5) is 0. The minimum absolute atomic E-state index is 0.0706. The highest BCUT2D eigenvalue weighted by Gasteiger charge is 2.25. The largest absolute Gasteiger partial charge is 0.313 e. The first-order valence-corrected chi connectivity index (χ1v) is 6.84. The van der Waals surface area contributed by atoms with Gasteiger partial charge in [0.15, 0.2) is 0 Å². The number of halogens is 2. The van der Waals surface area contributed by atoms with E-state index in [1.165, 1.54) is 43.9 Å². The Kier molecular flexibility index (Phi) is 4.70. The molecule has 0 heterocycles. The van der Waals surface area contributed by atoms with Crippen LogP contribution >= 0.6 is 0 Å². The standard InChI is InChI=1S/C15H21F2N/c1-18-15(11-6-4-2-3-5-7-11)13-10-12(16)8-9-14(13)17/h8-11,15,18H,2-7H2,1H3. The van der Waals surface area contributed by atoms with Crippen molar-refractivity contribution >= 4 is 0 Å². The van der Waals surface area contributed by atoms with Crippen molar-refractivity contribution in [1.82, 2.24) is 5.32 Å². The summed E-state index contributed by atoms with van der Waals surface area (Å²) in [7, 11) is 1.83. The maximum absolute atomic E-state index is 13.9. The van der Waals surface area contributed by atoms with Gasteiger partial charge in [0.25, 0.3) is 0 Å². The molecule has 1 N–H and O–H groups in total. The first kappa shape index (κ1) is 13.5. The lowest BCUT2D eigenvalue weighted by Gasteiger charge is -2.26. The van der Waals surface area contributed by atoms with Gasteiger partial charge < -0.3 is 5.32 Å². The zero-order valence-corrected chi connectivity index (χ0v) is 10.9. The van der Waals surface area contributed by atoms with Crippen LogP contribution < -0.4 is 5.32 Å². The van der Waals surface area contributed by atoms with E-state index >= 15 is 0 Å². The number of benzene rings is 1. The molecule has 0 amide bonds. The third kappa shape index (κ3) is 3.08. The van der Waals surface area contributed by atoms with Crippen molar-refractivity contribution in [2.75, 3.05) is 7.05 Å². The second-order valence-electron chi connectivity index (χ2n) is 5.18. The molecule has 1 aliphatic rings. The normalized spacial score (nSPS) is 19.5. The predicted molar refractivity (Wildman–Crippen MR) is 69.4 cm³/mol. The van der Waals surface area contributed by atoms with Gasteiger partial charge in [0.1, 0.15) is 11.6 Å². The molecule has 1 unspecified atom stereocenters. The smallest absolute Gasteiger partial charge is 0.128 e. The van der Waals surface area contributed by atoms with Crippen LogP contribution in [0.1, 0.15) is 50.1 Å². The summed E-state index contributed by atoms with van der Waals surface area (Å²) in [5.41, 5.74) is 0.476. The Morgan fingerprint density at radius 1 is 1.11 bits per heavy atom. The molecule has 100 valence electrons. The maximum atomic E-state index is 13.9. The molecular weight excluding hydrogens is 232 g/mol. The fourth-order valence-electron chi connectivity index (χ4n) is 3.04. The molecule has 0 saturated heterocycles. The molecule has 18 heavy (non-hydrogen) atoms. The van der Waals surface area contributed by atoms with Crippen LogP contribution in [0.25, 0.3) is 0 Å². The molecule has 1 aromatic rings. The van der Waals surface area contributed by atoms with Crippen LogP contribution in [0.5, 0.6) is 0 Å². The molecule has 0 aromatic heterocycles. The molecule has 0 spiro atoms. The molecule has 1 nitrogen and oxygen atoms in total. The topological polar surface area (TPSA) is 12.0 Å². The van der Waals surface area contributed by atoms with Gasteiger partial charge in [-0.15, -0.1) is 0 Å². The molecule has 0 aliphatic heterocycles. The summed E-state index contributed by atoms with van der Waals surface area (Å²) >= 11 is 0. The summed E-state index contributed by atoms with van der Waals surface area (Å²) < 4.78 is 27.2. The lowest BCUT2D eigenvalue weighted by molar-refractivity contribution is 0.332. The summed E-state index contributed by atoms with van der Waals surface area (Å²) in [6.45, 7) is 0. The highest BCUT2D eigenvalue weighted by Crippen LogP contribution is 2.34. The lowest BCUT2D eigenvalue weighted by Crippen LogP contribution is -2.26. The van der Waals surface area contributed by atoms with Crippen LogP contribution in [0, 0.1) is 17.6 Å². The summed E-state index contributed by atoms with van der Waals surface area (Å²) in [6.07, 6.45) is 7.11. The van der Waals surface area contributed by atoms with Crippen LogP contribution in [-0.2, 0) is 0 Å². The van der Waals surface area contributed by atoms with E-state index in [0.717, 1.165) is 12.8 Å². The first-order chi connectivity index (χ1) is 8.72. The van der Waals surface area contributed by atoms with E-state index in [1.807, 2.05) is 7.05 Å². The Hall–Kier alpha value is -0.960. The van der Waals surface area contributed by atoms with E-state index in [2.05, 4.69) is 5.32 Å². The van der Waals surface area contributed by atoms with Gasteiger partial charge in [-0.25, -0.2) is 8.78 Å². The van der Waals surface area contributed by atoms with E-state index in [4.69, 9.17) is 0 Å². The van der Waals surface area contributed by atoms with Crippen molar-refractivity contribution in [3.8, 4) is 0 Å². The van der Waals surface area contributed by atoms with Gasteiger partial charge in [-0.05, 0) is 44.0 Å². The maximum Gasteiger partial charge on any atom is 0.128 e. The minimum Gasteiger partial charge on any atom is -0.313 e. The Morgan fingerprint density at radius 2 is 1.78 bits per heavy atom. The van der Waals surface area contributed by atoms with Gasteiger partial charge in [-0.2, -0.15) is 0 Å². The molecule has 1 atom stereocenters. The first-order valence-electron chi connectivity index (χ1n) is 6.84. The number of hydrogen-bond acceptors (Lipinski definition) is 1. The van der Waals surface area contributed by atoms with Crippen LogP contribution in [0.15, 0.2) is 18.2 Å². The average Bonchev–Trinajstić information content (AvgIpc) is 2.64. The quantitative estimate of drug-likeness (QED) is 0.796. The number of nitrogens with one attached hydrogen (secondary N) is 1. The predicted octanol–water partition coefficient (Wildman–Crippen LogP) is 4.20. The second kappa shape index (κ2) is 6.28. The third-order valence-electron chi connectivity index (χ3n) is 3.98. The Balaban J connectivity index is 2.23. The molecule has 0 radical (unpaired) electrons. The fraction of sp³-hybridized carbons (Fsp3) is 0.600. The van der Waals surface area contributed by atoms with E-state index in [1.54, 1.807) is 0 Å². The Bertz CT molecular complexity index is 384. The lowest BCUT2D eigenvalue weighted by atomic mass is 9.87. The van der Waals surface area contributed by atoms with Crippen molar-refractivity contribution in [2.45, 2.75) is 44.6 Å². The van der Waals surface area contributed by atoms with Crippen LogP contribution in [0.2, 0.25) is 0 Å². The van der Waals surface area contributed by atoms with Crippen LogP contribution in [0.3, 0.4) is 0 Å². The fourth-order valence-corrected chi connectivity index (χ4v) is 3.04. The van der Waals surface area contributed by atoms with Crippen molar-refractivity contribution in [3.05, 3.63) is 35.4 Å². The molecule has 1 aromatic carbocycles. The molecule has 1 aliphatic carbocycles. The van der Waals surface area contributed by atoms with Gasteiger partial charge >= 0.3 is 0 Å². The van der Waals surface area contributed by atoms with Gasteiger partial charge in [0.2, 0.25) is 0 Å². The SMILES string of the molecule is CNC(c1cc(F)ccc1F)C1CCCCCC1. The number of rotatable bonds is 3. The van der Waals surface area contributed by atoms with Gasteiger partial charge in [-0.1, -0.05) is 25.7 Å². The van der Waals surface area contributed by atoms with Crippen molar-refractivity contribution in [1.29, 1.82) is 0 Å². The molecular formula is C15H21F2N. The molecule has 0 bridgehead atoms. The van der Waals surface area contributed by atoms with E-state index < -0.39 is 0 Å². The Morgan fingerprint density at radius 3 is 2.39 bits per heavy atom. The Labute approximate surface area is 108 Å². The summed E-state index contributed by atoms with van der Waals surface area (Å²) in [6, 6.07) is 3.67. The van der Waals surface area contributed by atoms with Crippen LogP contribution in [-0.4, -0.2) is 7.05 Å². The number of hydrogen-bond donors (Lipinski definition) is 1. The van der Waals surface area contributed by atoms with Gasteiger partial charge in [0.05, 0.1) is 0 Å². The van der Waals surface area contributed by atoms with Crippen molar-refractivity contribution in [2.24, 2.45) is 5.92 Å².